The number of H-pyrrole nitrogens is 1. The summed E-state index contributed by atoms with van der Waals surface area (Å²) in [5, 5.41) is 3.15. The monoisotopic (exact) mass is 413 g/mol. The number of hydrogen-bond acceptors (Lipinski definition) is 5. The largest absolute Gasteiger partial charge is 0.360 e. The highest BCUT2D eigenvalue weighted by Gasteiger charge is 2.26. The van der Waals surface area contributed by atoms with Crippen molar-refractivity contribution in [1.82, 2.24) is 29.8 Å². The van der Waals surface area contributed by atoms with Gasteiger partial charge in [-0.15, -0.1) is 0 Å². The molecule has 1 amide bonds. The third-order valence-corrected chi connectivity index (χ3v) is 5.41. The number of anilines is 1. The number of nitrogens with zero attached hydrogens (tertiary/aromatic N) is 5. The van der Waals surface area contributed by atoms with Gasteiger partial charge in [-0.2, -0.15) is 0 Å². The molecule has 4 aromatic rings. The summed E-state index contributed by atoms with van der Waals surface area (Å²) >= 11 is 0. The van der Waals surface area contributed by atoms with Crippen LogP contribution in [0.2, 0.25) is 0 Å². The van der Waals surface area contributed by atoms with Crippen molar-refractivity contribution in [2.45, 2.75) is 19.0 Å². The number of aromatic nitrogens is 5. The summed E-state index contributed by atoms with van der Waals surface area (Å²) in [6, 6.07) is 15.8. The minimum Gasteiger partial charge on any atom is -0.360 e. The lowest BCUT2D eigenvalue weighted by Crippen LogP contribution is -2.39. The number of aromatic amines is 1. The SMILES string of the molecule is O=C(Cn1ccnc1-c1ccccc1)NC1CCN(c2nccc(-c3ccc[nH]3)n2)C1. The van der Waals surface area contributed by atoms with Crippen LogP contribution in [0.25, 0.3) is 22.8 Å². The van der Waals surface area contributed by atoms with Gasteiger partial charge in [0.25, 0.3) is 0 Å². The third-order valence-electron chi connectivity index (χ3n) is 5.41. The molecular formula is C23H23N7O. The van der Waals surface area contributed by atoms with Gasteiger partial charge in [-0.25, -0.2) is 15.0 Å². The minimum atomic E-state index is -0.0249. The molecular weight excluding hydrogens is 390 g/mol. The first-order valence-electron chi connectivity index (χ1n) is 10.3. The first-order valence-corrected chi connectivity index (χ1v) is 10.3. The van der Waals surface area contributed by atoms with Crippen LogP contribution in [0.3, 0.4) is 0 Å². The topological polar surface area (TPSA) is 91.7 Å². The Bertz CT molecular complexity index is 1150. The molecule has 1 aromatic carbocycles. The number of benzene rings is 1. The summed E-state index contributed by atoms with van der Waals surface area (Å²) in [4.78, 5) is 31.5. The fourth-order valence-electron chi connectivity index (χ4n) is 3.91. The second-order valence-corrected chi connectivity index (χ2v) is 7.57. The highest BCUT2D eigenvalue weighted by atomic mass is 16.2. The van der Waals surface area contributed by atoms with Gasteiger partial charge in [-0.05, 0) is 24.6 Å². The fraction of sp³-hybridized carbons (Fsp3) is 0.217. The maximum atomic E-state index is 12.7. The highest BCUT2D eigenvalue weighted by molar-refractivity contribution is 5.77. The molecule has 1 unspecified atom stereocenters. The molecule has 1 aliphatic rings. The van der Waals surface area contributed by atoms with Gasteiger partial charge in [0.2, 0.25) is 11.9 Å². The lowest BCUT2D eigenvalue weighted by atomic mass is 10.2. The highest BCUT2D eigenvalue weighted by Crippen LogP contribution is 2.21. The predicted octanol–water partition coefficient (Wildman–Crippen LogP) is 2.73. The molecule has 31 heavy (non-hydrogen) atoms. The van der Waals surface area contributed by atoms with E-state index in [1.165, 1.54) is 0 Å². The van der Waals surface area contributed by atoms with Crippen molar-refractivity contribution >= 4 is 11.9 Å². The molecule has 3 aromatic heterocycles. The van der Waals surface area contributed by atoms with Gasteiger partial charge in [0.1, 0.15) is 12.4 Å². The molecule has 8 nitrogen and oxygen atoms in total. The zero-order chi connectivity index (χ0) is 21.0. The van der Waals surface area contributed by atoms with E-state index in [1.54, 1.807) is 12.4 Å². The number of carbonyl (C=O) groups is 1. The molecule has 0 aliphatic carbocycles. The number of nitrogens with one attached hydrogen (secondary N) is 2. The molecule has 5 rings (SSSR count). The van der Waals surface area contributed by atoms with Gasteiger partial charge in [0.05, 0.1) is 11.4 Å². The number of carbonyl (C=O) groups excluding carboxylic acids is 1. The summed E-state index contributed by atoms with van der Waals surface area (Å²) in [5.41, 5.74) is 2.81. The fourth-order valence-corrected chi connectivity index (χ4v) is 3.91. The lowest BCUT2D eigenvalue weighted by molar-refractivity contribution is -0.122. The Morgan fingerprint density at radius 2 is 2.00 bits per heavy atom. The zero-order valence-corrected chi connectivity index (χ0v) is 17.0. The maximum Gasteiger partial charge on any atom is 0.240 e. The molecule has 0 saturated carbocycles. The number of amides is 1. The van der Waals surface area contributed by atoms with E-state index in [0.717, 1.165) is 35.7 Å². The van der Waals surface area contributed by atoms with Crippen LogP contribution in [0.15, 0.2) is 73.3 Å². The van der Waals surface area contributed by atoms with E-state index >= 15 is 0 Å². The molecule has 1 fully saturated rings. The predicted molar refractivity (Wildman–Crippen MR) is 118 cm³/mol. The van der Waals surface area contributed by atoms with E-state index in [1.807, 2.05) is 65.5 Å². The minimum absolute atomic E-state index is 0.0249. The Morgan fingerprint density at radius 3 is 2.84 bits per heavy atom. The Balaban J connectivity index is 1.21. The average molecular weight is 413 g/mol. The molecule has 1 saturated heterocycles. The van der Waals surface area contributed by atoms with Gasteiger partial charge in [-0.1, -0.05) is 30.3 Å². The van der Waals surface area contributed by atoms with E-state index in [4.69, 9.17) is 0 Å². The Labute approximate surface area is 180 Å². The average Bonchev–Trinajstić information content (AvgIpc) is 3.57. The van der Waals surface area contributed by atoms with Crippen LogP contribution in [0.1, 0.15) is 6.42 Å². The molecule has 4 heterocycles. The number of hydrogen-bond donors (Lipinski definition) is 2. The molecule has 0 bridgehead atoms. The molecule has 1 aliphatic heterocycles. The Morgan fingerprint density at radius 1 is 1.10 bits per heavy atom. The van der Waals surface area contributed by atoms with E-state index in [9.17, 15) is 4.79 Å². The quantitative estimate of drug-likeness (QED) is 0.507. The van der Waals surface area contributed by atoms with Gasteiger partial charge in [0, 0.05) is 49.5 Å². The standard InChI is InChI=1S/C23H23N7O/c31-21(16-29-14-12-25-22(29)17-5-2-1-3-6-17)27-18-9-13-30(15-18)23-26-11-8-20(28-23)19-7-4-10-24-19/h1-8,10-12,14,18,24H,9,13,15-16H2,(H,27,31). The van der Waals surface area contributed by atoms with Gasteiger partial charge in [-0.3, -0.25) is 4.79 Å². The molecule has 0 spiro atoms. The van der Waals surface area contributed by atoms with Gasteiger partial charge in [0.15, 0.2) is 0 Å². The van der Waals surface area contributed by atoms with E-state index in [0.29, 0.717) is 12.5 Å². The van der Waals surface area contributed by atoms with E-state index < -0.39 is 0 Å². The number of rotatable bonds is 6. The second-order valence-electron chi connectivity index (χ2n) is 7.57. The van der Waals surface area contributed by atoms with Crippen LogP contribution < -0.4 is 10.2 Å². The summed E-state index contributed by atoms with van der Waals surface area (Å²) in [6.45, 7) is 1.73. The lowest BCUT2D eigenvalue weighted by Gasteiger charge is -2.17. The van der Waals surface area contributed by atoms with Crippen molar-refractivity contribution in [3.8, 4) is 22.8 Å². The van der Waals surface area contributed by atoms with Crippen LogP contribution >= 0.6 is 0 Å². The van der Waals surface area contributed by atoms with Crippen LogP contribution in [0.4, 0.5) is 5.95 Å². The summed E-state index contributed by atoms with van der Waals surface area (Å²) < 4.78 is 1.88. The van der Waals surface area contributed by atoms with Gasteiger partial charge < -0.3 is 19.8 Å². The third kappa shape index (κ3) is 4.18. The van der Waals surface area contributed by atoms with Crippen molar-refractivity contribution in [3.05, 3.63) is 73.3 Å². The molecule has 1 atom stereocenters. The first-order chi connectivity index (χ1) is 15.3. The molecule has 2 N–H and O–H groups in total. The van der Waals surface area contributed by atoms with Gasteiger partial charge >= 0.3 is 0 Å². The Kier molecular flexibility index (Phi) is 5.18. The second kappa shape index (κ2) is 8.43. The van der Waals surface area contributed by atoms with E-state index in [2.05, 4.69) is 30.2 Å². The van der Waals surface area contributed by atoms with Crippen LogP contribution in [-0.2, 0) is 11.3 Å². The van der Waals surface area contributed by atoms with Crippen molar-refractivity contribution in [2.24, 2.45) is 0 Å². The Hall–Kier alpha value is -3.94. The molecule has 8 heteroatoms. The first kappa shape index (κ1) is 19.0. The van der Waals surface area contributed by atoms with Crippen molar-refractivity contribution in [3.63, 3.8) is 0 Å². The molecule has 156 valence electrons. The van der Waals surface area contributed by atoms with Crippen molar-refractivity contribution < 1.29 is 4.79 Å². The summed E-state index contributed by atoms with van der Waals surface area (Å²) in [5.74, 6) is 1.45. The summed E-state index contributed by atoms with van der Waals surface area (Å²) in [7, 11) is 0. The zero-order valence-electron chi connectivity index (χ0n) is 17.0. The van der Waals surface area contributed by atoms with Crippen LogP contribution in [0.5, 0.6) is 0 Å². The molecule has 0 radical (unpaired) electrons. The smallest absolute Gasteiger partial charge is 0.240 e. The van der Waals surface area contributed by atoms with Crippen molar-refractivity contribution in [1.29, 1.82) is 0 Å². The normalized spacial score (nSPS) is 15.9. The van der Waals surface area contributed by atoms with Crippen LogP contribution in [-0.4, -0.2) is 49.5 Å². The number of imidazole rings is 1. The maximum absolute atomic E-state index is 12.7. The summed E-state index contributed by atoms with van der Waals surface area (Å²) in [6.07, 6.45) is 8.07. The van der Waals surface area contributed by atoms with E-state index in [-0.39, 0.29) is 18.5 Å². The van der Waals surface area contributed by atoms with Crippen LogP contribution in [0, 0.1) is 0 Å². The van der Waals surface area contributed by atoms with Crippen molar-refractivity contribution in [2.75, 3.05) is 18.0 Å².